The Hall–Kier alpha value is -1.02. The van der Waals surface area contributed by atoms with Crippen LogP contribution in [0.15, 0.2) is 18.2 Å². The summed E-state index contributed by atoms with van der Waals surface area (Å²) in [4.78, 5) is 0. The van der Waals surface area contributed by atoms with Gasteiger partial charge >= 0.3 is 0 Å². The second-order valence-corrected chi connectivity index (χ2v) is 3.75. The highest BCUT2D eigenvalue weighted by Crippen LogP contribution is 2.22. The summed E-state index contributed by atoms with van der Waals surface area (Å²) in [6, 6.07) is 5.92. The molecule has 15 heavy (non-hydrogen) atoms. The second kappa shape index (κ2) is 5.76. The van der Waals surface area contributed by atoms with E-state index in [1.165, 1.54) is 0 Å². The molecular formula is C13H19O2. The molecule has 0 aliphatic rings. The third-order valence-corrected chi connectivity index (χ3v) is 2.31. The normalized spacial score (nSPS) is 12.5. The molecule has 0 aliphatic carbocycles. The zero-order valence-electron chi connectivity index (χ0n) is 9.49. The summed E-state index contributed by atoms with van der Waals surface area (Å²) in [6.07, 6.45) is 1.03. The van der Waals surface area contributed by atoms with E-state index in [1.807, 2.05) is 25.1 Å². The molecule has 1 radical (unpaired) electrons. The average Bonchev–Trinajstić information content (AvgIpc) is 2.19. The zero-order chi connectivity index (χ0) is 11.3. The standard InChI is InChI=1S/C13H19O2/c1-4-8-15-13-7-5-6-12(11(13)3)9-10(2)14/h5-7,10,14H,2,4,8-9H2,1,3H3. The summed E-state index contributed by atoms with van der Waals surface area (Å²) >= 11 is 0. The van der Waals surface area contributed by atoms with Gasteiger partial charge in [-0.25, -0.2) is 0 Å². The molecule has 1 aromatic rings. The molecule has 1 rings (SSSR count). The van der Waals surface area contributed by atoms with Crippen LogP contribution in [-0.2, 0) is 6.42 Å². The molecule has 0 saturated heterocycles. The number of benzene rings is 1. The summed E-state index contributed by atoms with van der Waals surface area (Å²) in [5.74, 6) is 0.912. The Morgan fingerprint density at radius 2 is 2.20 bits per heavy atom. The molecule has 0 bridgehead atoms. The van der Waals surface area contributed by atoms with Crippen LogP contribution in [0, 0.1) is 13.8 Å². The van der Waals surface area contributed by atoms with Crippen LogP contribution < -0.4 is 4.74 Å². The average molecular weight is 207 g/mol. The number of hydrogen-bond acceptors (Lipinski definition) is 2. The fraction of sp³-hybridized carbons (Fsp3) is 0.462. The van der Waals surface area contributed by atoms with Gasteiger partial charge in [0.15, 0.2) is 0 Å². The van der Waals surface area contributed by atoms with E-state index in [0.717, 1.165) is 29.9 Å². The number of ether oxygens (including phenoxy) is 1. The molecule has 0 aliphatic heterocycles. The van der Waals surface area contributed by atoms with E-state index in [1.54, 1.807) is 0 Å². The number of rotatable bonds is 5. The Morgan fingerprint density at radius 1 is 1.47 bits per heavy atom. The van der Waals surface area contributed by atoms with E-state index in [-0.39, 0.29) is 0 Å². The van der Waals surface area contributed by atoms with E-state index >= 15 is 0 Å². The van der Waals surface area contributed by atoms with Crippen LogP contribution in [-0.4, -0.2) is 17.8 Å². The first-order valence-electron chi connectivity index (χ1n) is 5.37. The van der Waals surface area contributed by atoms with Crippen LogP contribution in [0.5, 0.6) is 5.75 Å². The number of aliphatic hydroxyl groups is 1. The number of aliphatic hydroxyl groups excluding tert-OH is 1. The minimum Gasteiger partial charge on any atom is -0.493 e. The molecule has 2 nitrogen and oxygen atoms in total. The SMILES string of the molecule is [CH2]C(O)Cc1cccc(OCCC)c1C. The minimum absolute atomic E-state index is 0.551. The van der Waals surface area contributed by atoms with Gasteiger partial charge in [0.05, 0.1) is 12.7 Å². The molecule has 1 aromatic carbocycles. The summed E-state index contributed by atoms with van der Waals surface area (Å²) in [7, 11) is 0. The first-order chi connectivity index (χ1) is 7.15. The van der Waals surface area contributed by atoms with E-state index in [2.05, 4.69) is 13.8 Å². The number of hydrogen-bond donors (Lipinski definition) is 1. The molecule has 0 aromatic heterocycles. The van der Waals surface area contributed by atoms with Gasteiger partial charge in [0.25, 0.3) is 0 Å². The molecule has 0 spiro atoms. The van der Waals surface area contributed by atoms with Gasteiger partial charge in [0.1, 0.15) is 5.75 Å². The van der Waals surface area contributed by atoms with Crippen LogP contribution in [0.1, 0.15) is 24.5 Å². The summed E-state index contributed by atoms with van der Waals surface area (Å²) < 4.78 is 5.61. The van der Waals surface area contributed by atoms with E-state index in [4.69, 9.17) is 4.74 Å². The first-order valence-corrected chi connectivity index (χ1v) is 5.37. The topological polar surface area (TPSA) is 29.5 Å². The highest BCUT2D eigenvalue weighted by molar-refractivity contribution is 5.39. The first kappa shape index (κ1) is 12.1. The molecule has 1 unspecified atom stereocenters. The van der Waals surface area contributed by atoms with Gasteiger partial charge in [-0.15, -0.1) is 0 Å². The van der Waals surface area contributed by atoms with Gasteiger partial charge in [-0.2, -0.15) is 0 Å². The predicted molar refractivity (Wildman–Crippen MR) is 62.0 cm³/mol. The lowest BCUT2D eigenvalue weighted by Gasteiger charge is -2.13. The Morgan fingerprint density at radius 3 is 2.80 bits per heavy atom. The van der Waals surface area contributed by atoms with E-state index in [9.17, 15) is 5.11 Å². The molecule has 1 N–H and O–H groups in total. The van der Waals surface area contributed by atoms with E-state index in [0.29, 0.717) is 6.42 Å². The van der Waals surface area contributed by atoms with Gasteiger partial charge in [-0.1, -0.05) is 19.1 Å². The minimum atomic E-state index is -0.551. The fourth-order valence-corrected chi connectivity index (χ4v) is 1.50. The molecular weight excluding hydrogens is 188 g/mol. The quantitative estimate of drug-likeness (QED) is 0.804. The largest absolute Gasteiger partial charge is 0.493 e. The maximum absolute atomic E-state index is 9.25. The summed E-state index contributed by atoms with van der Waals surface area (Å²) in [6.45, 7) is 8.41. The van der Waals surface area contributed by atoms with Crippen molar-refractivity contribution in [1.82, 2.24) is 0 Å². The van der Waals surface area contributed by atoms with Crippen molar-refractivity contribution < 1.29 is 9.84 Å². The van der Waals surface area contributed by atoms with Crippen LogP contribution in [0.25, 0.3) is 0 Å². The molecule has 83 valence electrons. The maximum atomic E-state index is 9.25. The Labute approximate surface area is 91.9 Å². The van der Waals surface area contributed by atoms with Crippen molar-refractivity contribution in [3.63, 3.8) is 0 Å². The molecule has 2 heteroatoms. The van der Waals surface area contributed by atoms with Crippen LogP contribution in [0.3, 0.4) is 0 Å². The van der Waals surface area contributed by atoms with Gasteiger partial charge < -0.3 is 9.84 Å². The fourth-order valence-electron chi connectivity index (χ4n) is 1.50. The van der Waals surface area contributed by atoms with Crippen molar-refractivity contribution in [2.24, 2.45) is 0 Å². The van der Waals surface area contributed by atoms with Crippen LogP contribution in [0.4, 0.5) is 0 Å². The molecule has 1 atom stereocenters. The van der Waals surface area contributed by atoms with Crippen LogP contribution in [0.2, 0.25) is 0 Å². The van der Waals surface area contributed by atoms with Crippen molar-refractivity contribution in [2.75, 3.05) is 6.61 Å². The summed E-state index contributed by atoms with van der Waals surface area (Å²) in [5, 5.41) is 9.25. The van der Waals surface area contributed by atoms with Crippen LogP contribution >= 0.6 is 0 Å². The van der Waals surface area contributed by atoms with Crippen molar-refractivity contribution >= 4 is 0 Å². The predicted octanol–water partition coefficient (Wildman–Crippen LogP) is 2.52. The van der Waals surface area contributed by atoms with Gasteiger partial charge in [-0.05, 0) is 43.9 Å². The highest BCUT2D eigenvalue weighted by Gasteiger charge is 2.06. The Balaban J connectivity index is 2.80. The molecule has 0 saturated carbocycles. The lowest BCUT2D eigenvalue weighted by atomic mass is 10.0. The van der Waals surface area contributed by atoms with Crippen molar-refractivity contribution in [3.8, 4) is 5.75 Å². The van der Waals surface area contributed by atoms with Gasteiger partial charge in [-0.3, -0.25) is 0 Å². The molecule has 0 fully saturated rings. The van der Waals surface area contributed by atoms with Crippen molar-refractivity contribution in [2.45, 2.75) is 32.8 Å². The third kappa shape index (κ3) is 3.56. The maximum Gasteiger partial charge on any atom is 0.122 e. The van der Waals surface area contributed by atoms with E-state index < -0.39 is 6.10 Å². The van der Waals surface area contributed by atoms with Gasteiger partial charge in [0, 0.05) is 0 Å². The highest BCUT2D eigenvalue weighted by atomic mass is 16.5. The van der Waals surface area contributed by atoms with Crippen molar-refractivity contribution in [3.05, 3.63) is 36.2 Å². The molecule has 0 amide bonds. The smallest absolute Gasteiger partial charge is 0.122 e. The summed E-state index contributed by atoms with van der Waals surface area (Å²) in [5.41, 5.74) is 2.21. The lowest BCUT2D eigenvalue weighted by Crippen LogP contribution is -2.07. The molecule has 0 heterocycles. The van der Waals surface area contributed by atoms with Crippen molar-refractivity contribution in [1.29, 1.82) is 0 Å². The lowest BCUT2D eigenvalue weighted by molar-refractivity contribution is 0.221. The zero-order valence-corrected chi connectivity index (χ0v) is 9.49. The second-order valence-electron chi connectivity index (χ2n) is 3.75. The Bertz CT molecular complexity index is 305. The van der Waals surface area contributed by atoms with Gasteiger partial charge in [0.2, 0.25) is 0 Å². The monoisotopic (exact) mass is 207 g/mol. The third-order valence-electron chi connectivity index (χ3n) is 2.31. The Kier molecular flexibility index (Phi) is 4.63.